The lowest BCUT2D eigenvalue weighted by atomic mass is 9.96. The zero-order valence-electron chi connectivity index (χ0n) is 31.4. The Morgan fingerprint density at radius 1 is 0.741 bits per heavy atom. The molecule has 13 nitrogen and oxygen atoms in total. The average molecular weight is 740 g/mol. The summed E-state index contributed by atoms with van der Waals surface area (Å²) in [7, 11) is 0. The van der Waals surface area contributed by atoms with Gasteiger partial charge < -0.3 is 31.8 Å². The molecule has 4 rings (SSSR count). The molecule has 5 atom stereocenters. The molecule has 0 aliphatic rings. The highest BCUT2D eigenvalue weighted by Gasteiger charge is 2.31. The first-order valence-electron chi connectivity index (χ1n) is 18.4. The summed E-state index contributed by atoms with van der Waals surface area (Å²) in [6.45, 7) is 7.61. The number of hydrogen-bond donors (Lipinski definition) is 7. The number of carbonyl (C=O) groups is 5. The third-order valence-corrected chi connectivity index (χ3v) is 9.01. The number of hydrogen-bond acceptors (Lipinski definition) is 8. The van der Waals surface area contributed by atoms with E-state index in [1.54, 1.807) is 6.20 Å². The lowest BCUT2D eigenvalue weighted by Crippen LogP contribution is -2.56. The molecular weight excluding hydrogens is 686 g/mol. The second-order valence-corrected chi connectivity index (χ2v) is 14.6. The molecule has 0 spiro atoms. The van der Waals surface area contributed by atoms with Gasteiger partial charge in [-0.15, -0.1) is 0 Å². The molecule has 54 heavy (non-hydrogen) atoms. The number of nitrogens with zero attached hydrogens (tertiary/aromatic N) is 1. The number of aromatic nitrogens is 2. The molecule has 8 N–H and O–H groups in total. The van der Waals surface area contributed by atoms with Crippen LogP contribution in [0.15, 0.2) is 85.3 Å². The Hall–Kier alpha value is -5.40. The number of amides is 5. The van der Waals surface area contributed by atoms with Gasteiger partial charge in [0.15, 0.2) is 0 Å². The predicted octanol–water partition coefficient (Wildman–Crippen LogP) is 2.86. The lowest BCUT2D eigenvalue weighted by molar-refractivity contribution is -0.135. The number of aromatic amines is 1. The molecule has 1 aromatic heterocycles. The first-order valence-corrected chi connectivity index (χ1v) is 18.4. The molecule has 0 bridgehead atoms. The van der Waals surface area contributed by atoms with Crippen molar-refractivity contribution in [2.45, 2.75) is 96.5 Å². The van der Waals surface area contributed by atoms with Gasteiger partial charge in [-0.25, -0.2) is 4.98 Å². The number of fused-ring (bicyclic) bond motifs is 1. The number of imide groups is 1. The van der Waals surface area contributed by atoms with E-state index >= 15 is 0 Å². The fourth-order valence-electron chi connectivity index (χ4n) is 6.35. The van der Waals surface area contributed by atoms with E-state index < -0.39 is 66.2 Å². The van der Waals surface area contributed by atoms with E-state index in [4.69, 9.17) is 5.73 Å². The Morgan fingerprint density at radius 2 is 1.43 bits per heavy atom. The third kappa shape index (κ3) is 12.9. The van der Waals surface area contributed by atoms with Gasteiger partial charge in [0.05, 0.1) is 37.4 Å². The molecule has 0 aliphatic heterocycles. The van der Waals surface area contributed by atoms with E-state index in [1.165, 1.54) is 6.33 Å². The second kappa shape index (κ2) is 20.2. The van der Waals surface area contributed by atoms with Crippen molar-refractivity contribution in [3.8, 4) is 0 Å². The van der Waals surface area contributed by atoms with Gasteiger partial charge >= 0.3 is 0 Å². The minimum absolute atomic E-state index is 0.00468. The number of carbonyl (C=O) groups excluding carboxylic acids is 5. The number of nitrogens with one attached hydrogen (secondary N) is 5. The Bertz CT molecular complexity index is 1840. The lowest BCUT2D eigenvalue weighted by Gasteiger charge is -2.29. The number of imidazole rings is 1. The number of rotatable bonds is 19. The number of aliphatic hydroxyl groups excluding tert-OH is 1. The molecule has 5 amide bonds. The molecule has 1 heterocycles. The minimum atomic E-state index is -1.34. The van der Waals surface area contributed by atoms with Gasteiger partial charge in [0.1, 0.15) is 12.1 Å². The molecule has 0 saturated heterocycles. The number of nitrogens with two attached hydrogens (primary N) is 1. The van der Waals surface area contributed by atoms with Crippen molar-refractivity contribution in [2.75, 3.05) is 0 Å². The molecular formula is C41H53N7O6. The molecule has 13 heteroatoms. The second-order valence-electron chi connectivity index (χ2n) is 14.6. The van der Waals surface area contributed by atoms with Gasteiger partial charge in [-0.3, -0.25) is 29.3 Å². The Kier molecular flexibility index (Phi) is 15.4. The summed E-state index contributed by atoms with van der Waals surface area (Å²) in [4.78, 5) is 73.5. The van der Waals surface area contributed by atoms with E-state index in [0.29, 0.717) is 12.1 Å². The third-order valence-electron chi connectivity index (χ3n) is 9.01. The van der Waals surface area contributed by atoms with Crippen LogP contribution in [0.5, 0.6) is 0 Å². The molecule has 0 unspecified atom stereocenters. The highest BCUT2D eigenvalue weighted by molar-refractivity contribution is 6.01. The fraction of sp³-hybridized carbons (Fsp3) is 0.415. The van der Waals surface area contributed by atoms with E-state index in [9.17, 15) is 29.1 Å². The van der Waals surface area contributed by atoms with E-state index in [0.717, 1.165) is 21.9 Å². The van der Waals surface area contributed by atoms with Crippen molar-refractivity contribution in [1.29, 1.82) is 0 Å². The number of benzene rings is 3. The normalized spacial score (nSPS) is 14.1. The molecule has 4 aromatic rings. The summed E-state index contributed by atoms with van der Waals surface area (Å²) in [5.74, 6) is -2.86. The van der Waals surface area contributed by atoms with Crippen LogP contribution in [-0.2, 0) is 43.2 Å². The van der Waals surface area contributed by atoms with Crippen molar-refractivity contribution < 1.29 is 29.1 Å². The van der Waals surface area contributed by atoms with Crippen LogP contribution < -0.4 is 27.0 Å². The monoisotopic (exact) mass is 739 g/mol. The summed E-state index contributed by atoms with van der Waals surface area (Å²) >= 11 is 0. The van der Waals surface area contributed by atoms with E-state index in [1.807, 2.05) is 100 Å². The maximum absolute atomic E-state index is 13.8. The quantitative estimate of drug-likeness (QED) is 0.0759. The van der Waals surface area contributed by atoms with Crippen molar-refractivity contribution in [3.63, 3.8) is 0 Å². The van der Waals surface area contributed by atoms with Crippen LogP contribution in [-0.4, -0.2) is 74.9 Å². The molecule has 0 fully saturated rings. The Labute approximate surface area is 316 Å². The maximum atomic E-state index is 13.8. The van der Waals surface area contributed by atoms with Crippen molar-refractivity contribution >= 4 is 40.3 Å². The van der Waals surface area contributed by atoms with Crippen molar-refractivity contribution in [3.05, 3.63) is 102 Å². The standard InChI is InChI=1S/C41H53N7O6/c1-25(2)17-33(46-40(53)35(21-30-23-43-24-44-30)47-39(52)32(42)19-27-11-6-5-7-12-27)36(49)22-38(51)45-34(18-26(3)4)41(54)48-37(50)20-29-15-10-14-28-13-8-9-16-31(28)29/h5-16,23-26,32-36,49H,17-22,42H2,1-4H3,(H,43,44)(H,45,51)(H,46,53)(H,47,52)(H,48,50,54)/t32-,33-,34-,35-,36-/m0/s1. The molecule has 3 aromatic carbocycles. The predicted molar refractivity (Wildman–Crippen MR) is 207 cm³/mol. The smallest absolute Gasteiger partial charge is 0.249 e. The molecule has 0 aliphatic carbocycles. The fourth-order valence-corrected chi connectivity index (χ4v) is 6.35. The van der Waals surface area contributed by atoms with Gasteiger partial charge in [0, 0.05) is 18.3 Å². The van der Waals surface area contributed by atoms with Crippen LogP contribution in [0.1, 0.15) is 63.8 Å². The average Bonchev–Trinajstić information content (AvgIpc) is 3.64. The Morgan fingerprint density at radius 3 is 2.11 bits per heavy atom. The minimum Gasteiger partial charge on any atom is -0.390 e. The van der Waals surface area contributed by atoms with Crippen LogP contribution in [0.4, 0.5) is 0 Å². The highest BCUT2D eigenvalue weighted by Crippen LogP contribution is 2.19. The molecule has 288 valence electrons. The summed E-state index contributed by atoms with van der Waals surface area (Å²) in [5.41, 5.74) is 8.45. The zero-order valence-corrected chi connectivity index (χ0v) is 31.4. The number of aliphatic hydroxyl groups is 1. The van der Waals surface area contributed by atoms with E-state index in [-0.39, 0.29) is 37.5 Å². The van der Waals surface area contributed by atoms with Gasteiger partial charge in [-0.05, 0) is 53.0 Å². The summed E-state index contributed by atoms with van der Waals surface area (Å²) < 4.78 is 0. The highest BCUT2D eigenvalue weighted by atomic mass is 16.3. The van der Waals surface area contributed by atoms with E-state index in [2.05, 4.69) is 31.2 Å². The first-order chi connectivity index (χ1) is 25.8. The van der Waals surface area contributed by atoms with Crippen LogP contribution in [0.2, 0.25) is 0 Å². The first kappa shape index (κ1) is 41.4. The largest absolute Gasteiger partial charge is 0.390 e. The van der Waals surface area contributed by atoms with Gasteiger partial charge in [-0.2, -0.15) is 0 Å². The summed E-state index contributed by atoms with van der Waals surface area (Å²) in [5, 5.41) is 23.9. The van der Waals surface area contributed by atoms with Gasteiger partial charge in [0.25, 0.3) is 0 Å². The summed E-state index contributed by atoms with van der Waals surface area (Å²) in [6, 6.07) is 18.7. The maximum Gasteiger partial charge on any atom is 0.249 e. The Balaban J connectivity index is 1.40. The van der Waals surface area contributed by atoms with Gasteiger partial charge in [-0.1, -0.05) is 100 Å². The van der Waals surface area contributed by atoms with Crippen LogP contribution in [0.25, 0.3) is 10.8 Å². The molecule has 0 saturated carbocycles. The van der Waals surface area contributed by atoms with Crippen LogP contribution >= 0.6 is 0 Å². The van der Waals surface area contributed by atoms with Crippen LogP contribution in [0, 0.1) is 11.8 Å². The van der Waals surface area contributed by atoms with Crippen molar-refractivity contribution in [1.82, 2.24) is 31.2 Å². The molecule has 0 radical (unpaired) electrons. The number of H-pyrrole nitrogens is 1. The summed E-state index contributed by atoms with van der Waals surface area (Å²) in [6.07, 6.45) is 2.13. The van der Waals surface area contributed by atoms with Crippen LogP contribution in [0.3, 0.4) is 0 Å². The van der Waals surface area contributed by atoms with Gasteiger partial charge in [0.2, 0.25) is 29.5 Å². The van der Waals surface area contributed by atoms with Crippen molar-refractivity contribution in [2.24, 2.45) is 17.6 Å². The zero-order chi connectivity index (χ0) is 39.2. The SMILES string of the molecule is CC(C)C[C@H](NC(=O)C[C@H](O)[C@H](CC(C)C)NC(=O)[C@H](Cc1cnc[nH]1)NC(=O)[C@@H](N)Cc1ccccc1)C(=O)NC(=O)Cc1cccc2ccccc12. The topological polar surface area (TPSA) is 208 Å².